The third-order valence-corrected chi connectivity index (χ3v) is 4.09. The van der Waals surface area contributed by atoms with Crippen LogP contribution in [0.3, 0.4) is 0 Å². The first-order valence-corrected chi connectivity index (χ1v) is 7.22. The lowest BCUT2D eigenvalue weighted by atomic mass is 10.0. The monoisotopic (exact) mass is 281 g/mol. The van der Waals surface area contributed by atoms with E-state index >= 15 is 0 Å². The Labute approximate surface area is 126 Å². The Balaban J connectivity index is 1.95. The van der Waals surface area contributed by atoms with Gasteiger partial charge in [-0.2, -0.15) is 0 Å². The number of aromatic nitrogens is 3. The summed E-state index contributed by atoms with van der Waals surface area (Å²) in [6, 6.07) is 18.4. The minimum atomic E-state index is 0.768. The van der Waals surface area contributed by atoms with Gasteiger partial charge in [-0.3, -0.25) is 4.98 Å². The van der Waals surface area contributed by atoms with Crippen molar-refractivity contribution >= 4 is 32.6 Å². The second-order valence-corrected chi connectivity index (χ2v) is 5.42. The molecule has 0 fully saturated rings. The van der Waals surface area contributed by atoms with Crippen LogP contribution in [0.1, 0.15) is 0 Å². The number of rotatable bonds is 1. The molecule has 3 nitrogen and oxygen atoms in total. The summed E-state index contributed by atoms with van der Waals surface area (Å²) in [5.74, 6) is 0.768. The zero-order valence-corrected chi connectivity index (χ0v) is 11.7. The molecule has 0 N–H and O–H groups in total. The molecule has 0 unspecified atom stereocenters. The van der Waals surface area contributed by atoms with Gasteiger partial charge in [0.15, 0.2) is 5.82 Å². The smallest absolute Gasteiger partial charge is 0.160 e. The fourth-order valence-electron chi connectivity index (χ4n) is 3.08. The van der Waals surface area contributed by atoms with Crippen molar-refractivity contribution < 1.29 is 0 Å². The van der Waals surface area contributed by atoms with Gasteiger partial charge in [0.25, 0.3) is 0 Å². The summed E-state index contributed by atoms with van der Waals surface area (Å²) in [6.07, 6.45) is 3.79. The molecule has 0 bridgehead atoms. The zero-order chi connectivity index (χ0) is 14.5. The van der Waals surface area contributed by atoms with Crippen LogP contribution < -0.4 is 0 Å². The van der Waals surface area contributed by atoms with E-state index in [4.69, 9.17) is 9.97 Å². The topological polar surface area (TPSA) is 38.7 Å². The van der Waals surface area contributed by atoms with E-state index in [1.807, 2.05) is 42.7 Å². The second-order valence-electron chi connectivity index (χ2n) is 5.42. The number of hydrogen-bond donors (Lipinski definition) is 0. The first-order chi connectivity index (χ1) is 10.9. The van der Waals surface area contributed by atoms with Crippen LogP contribution in [0.2, 0.25) is 0 Å². The van der Waals surface area contributed by atoms with Crippen LogP contribution in [0, 0.1) is 0 Å². The van der Waals surface area contributed by atoms with Crippen LogP contribution >= 0.6 is 0 Å². The van der Waals surface area contributed by atoms with Crippen molar-refractivity contribution in [2.75, 3.05) is 0 Å². The Kier molecular flexibility index (Phi) is 2.22. The lowest BCUT2D eigenvalue weighted by Crippen LogP contribution is -1.94. The van der Waals surface area contributed by atoms with Gasteiger partial charge in [-0.05, 0) is 12.1 Å². The Hall–Kier alpha value is -3.07. The van der Waals surface area contributed by atoms with E-state index in [1.165, 1.54) is 5.39 Å². The molecule has 5 aromatic rings. The highest BCUT2D eigenvalue weighted by Gasteiger charge is 2.12. The molecule has 0 radical (unpaired) electrons. The van der Waals surface area contributed by atoms with Crippen molar-refractivity contribution in [2.24, 2.45) is 0 Å². The van der Waals surface area contributed by atoms with Crippen molar-refractivity contribution in [3.63, 3.8) is 0 Å². The molecule has 0 amide bonds. The standard InChI is InChI=1S/C19H11N3/c1-2-4-12(5-3-1)19-21-15-8-6-13-10-20-11-14-7-9-16(22-19)18(15)17(13)14/h1-11H. The molecule has 5 rings (SSSR count). The van der Waals surface area contributed by atoms with Crippen molar-refractivity contribution in [1.82, 2.24) is 15.0 Å². The molecule has 0 spiro atoms. The lowest BCUT2D eigenvalue weighted by molar-refractivity contribution is 1.26. The van der Waals surface area contributed by atoms with E-state index in [0.29, 0.717) is 0 Å². The third kappa shape index (κ3) is 1.53. The molecule has 3 aromatic carbocycles. The van der Waals surface area contributed by atoms with Gasteiger partial charge in [0.1, 0.15) is 0 Å². The van der Waals surface area contributed by atoms with E-state index in [2.05, 4.69) is 29.2 Å². The first kappa shape index (κ1) is 11.6. The van der Waals surface area contributed by atoms with Gasteiger partial charge in [-0.15, -0.1) is 0 Å². The summed E-state index contributed by atoms with van der Waals surface area (Å²) >= 11 is 0. The van der Waals surface area contributed by atoms with E-state index in [9.17, 15) is 0 Å². The van der Waals surface area contributed by atoms with Crippen LogP contribution in [0.15, 0.2) is 67.0 Å². The number of benzene rings is 3. The van der Waals surface area contributed by atoms with Gasteiger partial charge in [-0.1, -0.05) is 42.5 Å². The molecule has 3 heteroatoms. The molecule has 2 heterocycles. The third-order valence-electron chi connectivity index (χ3n) is 4.09. The van der Waals surface area contributed by atoms with E-state index in [1.54, 1.807) is 0 Å². The predicted molar refractivity (Wildman–Crippen MR) is 89.0 cm³/mol. The van der Waals surface area contributed by atoms with Crippen molar-refractivity contribution in [2.45, 2.75) is 0 Å². The fraction of sp³-hybridized carbons (Fsp3) is 0. The van der Waals surface area contributed by atoms with Gasteiger partial charge in [0, 0.05) is 39.5 Å². The normalized spacial score (nSPS) is 11.6. The largest absolute Gasteiger partial charge is 0.263 e. The molecule has 0 aliphatic rings. The van der Waals surface area contributed by atoms with Gasteiger partial charge in [-0.25, -0.2) is 9.97 Å². The summed E-state index contributed by atoms with van der Waals surface area (Å²) in [5, 5.41) is 4.58. The summed E-state index contributed by atoms with van der Waals surface area (Å²) in [7, 11) is 0. The van der Waals surface area contributed by atoms with E-state index in [0.717, 1.165) is 38.6 Å². The molecule has 0 atom stereocenters. The average molecular weight is 281 g/mol. The Bertz CT molecular complexity index is 1050. The highest BCUT2D eigenvalue weighted by atomic mass is 14.9. The first-order valence-electron chi connectivity index (χ1n) is 7.22. The molecule has 102 valence electrons. The molecule has 22 heavy (non-hydrogen) atoms. The summed E-state index contributed by atoms with van der Waals surface area (Å²) < 4.78 is 0. The molecule has 0 aliphatic heterocycles. The van der Waals surface area contributed by atoms with Crippen LogP contribution in [-0.4, -0.2) is 15.0 Å². The SMILES string of the molecule is c1ccc(-c2nc3ccc4cncc5ccc(n2)c3c45)cc1. The van der Waals surface area contributed by atoms with Crippen LogP contribution in [-0.2, 0) is 0 Å². The van der Waals surface area contributed by atoms with Crippen LogP contribution in [0.5, 0.6) is 0 Å². The van der Waals surface area contributed by atoms with E-state index < -0.39 is 0 Å². The molecule has 0 aliphatic carbocycles. The van der Waals surface area contributed by atoms with Gasteiger partial charge in [0.05, 0.1) is 11.0 Å². The van der Waals surface area contributed by atoms with Gasteiger partial charge in [0.2, 0.25) is 0 Å². The highest BCUT2D eigenvalue weighted by molar-refractivity contribution is 6.21. The minimum absolute atomic E-state index is 0.768. The fourth-order valence-corrected chi connectivity index (χ4v) is 3.08. The Morgan fingerprint density at radius 1 is 0.591 bits per heavy atom. The Morgan fingerprint density at radius 2 is 1.23 bits per heavy atom. The quantitative estimate of drug-likeness (QED) is 0.426. The van der Waals surface area contributed by atoms with Crippen LogP contribution in [0.4, 0.5) is 0 Å². The average Bonchev–Trinajstić information content (AvgIpc) is 2.60. The highest BCUT2D eigenvalue weighted by Crippen LogP contribution is 2.33. The zero-order valence-electron chi connectivity index (χ0n) is 11.7. The lowest BCUT2D eigenvalue weighted by Gasteiger charge is -2.10. The molecule has 2 aromatic heterocycles. The van der Waals surface area contributed by atoms with Gasteiger partial charge < -0.3 is 0 Å². The molecular formula is C19H11N3. The molecule has 0 saturated carbocycles. The summed E-state index contributed by atoms with van der Waals surface area (Å²) in [6.45, 7) is 0. The van der Waals surface area contributed by atoms with E-state index in [-0.39, 0.29) is 0 Å². The van der Waals surface area contributed by atoms with Crippen molar-refractivity contribution in [1.29, 1.82) is 0 Å². The summed E-state index contributed by atoms with van der Waals surface area (Å²) in [5.41, 5.74) is 3.00. The van der Waals surface area contributed by atoms with Crippen LogP contribution in [0.25, 0.3) is 44.0 Å². The maximum absolute atomic E-state index is 4.77. The second kappa shape index (κ2) is 4.21. The van der Waals surface area contributed by atoms with Crippen molar-refractivity contribution in [3.8, 4) is 11.4 Å². The molecular weight excluding hydrogens is 270 g/mol. The maximum Gasteiger partial charge on any atom is 0.160 e. The molecule has 0 saturated heterocycles. The number of nitrogens with zero attached hydrogens (tertiary/aromatic N) is 3. The van der Waals surface area contributed by atoms with Crippen molar-refractivity contribution in [3.05, 3.63) is 67.0 Å². The summed E-state index contributed by atoms with van der Waals surface area (Å²) in [4.78, 5) is 13.8. The predicted octanol–water partition coefficient (Wildman–Crippen LogP) is 4.44. The number of hydrogen-bond acceptors (Lipinski definition) is 3. The maximum atomic E-state index is 4.77. The van der Waals surface area contributed by atoms with Gasteiger partial charge >= 0.3 is 0 Å². The Morgan fingerprint density at radius 3 is 1.86 bits per heavy atom. The number of pyridine rings is 1. The minimum Gasteiger partial charge on any atom is -0.263 e.